The van der Waals surface area contributed by atoms with Crippen molar-refractivity contribution in [1.82, 2.24) is 0 Å². The second-order valence-electron chi connectivity index (χ2n) is 29.2. The van der Waals surface area contributed by atoms with Crippen molar-refractivity contribution in [3.05, 3.63) is 162 Å². The van der Waals surface area contributed by atoms with Crippen LogP contribution in [0.1, 0.15) is 211 Å². The Labute approximate surface area is 455 Å². The molecule has 6 aromatic rings. The van der Waals surface area contributed by atoms with Crippen LogP contribution in [0.2, 0.25) is 0 Å². The number of hydrogen-bond donors (Lipinski definition) is 4. The molecule has 0 saturated heterocycles. The van der Waals surface area contributed by atoms with E-state index >= 15 is 0 Å². The molecule has 7 heteroatoms. The van der Waals surface area contributed by atoms with Gasteiger partial charge < -0.3 is 9.79 Å². The summed E-state index contributed by atoms with van der Waals surface area (Å²) in [7, 11) is -3.79. The molecule has 0 aliphatic heterocycles. The highest BCUT2D eigenvalue weighted by Crippen LogP contribution is 2.56. The third-order valence-electron chi connectivity index (χ3n) is 14.8. The van der Waals surface area contributed by atoms with Gasteiger partial charge in [-0.15, -0.1) is 9.79 Å². The maximum Gasteiger partial charge on any atom is 0.692 e. The molecule has 0 atom stereocenters. The maximum atomic E-state index is 8.70. The van der Waals surface area contributed by atoms with Gasteiger partial charge in [-0.05, 0) is 153 Å². The highest BCUT2D eigenvalue weighted by atomic mass is 31.1. The van der Waals surface area contributed by atoms with Gasteiger partial charge in [0.2, 0.25) is 0 Å². The van der Waals surface area contributed by atoms with E-state index in [0.717, 1.165) is 0 Å². The molecule has 1 aliphatic rings. The Hall–Kier alpha value is -4.31. The third kappa shape index (κ3) is 13.3. The quantitative estimate of drug-likeness (QED) is 0.132. The SMILES string of the molecule is CC(C)(C)c1ccc(-c2c(-c3ccc(C(C)(C)C)cc3C(C)(C)C)c(-c3ccc(C(C)(C)C)cc3C(C)(C)C)c3c(c2-c2ccc(C(C)(C)C)cc2C(C)(C)C)=c2ccccc2=3)c(C(C)(C)C)c1.O=[P+](O)O.OPO. The molecule has 0 amide bonds. The van der Waals surface area contributed by atoms with Gasteiger partial charge in [0.25, 0.3) is 0 Å². The van der Waals surface area contributed by atoms with Crippen LogP contribution in [0.5, 0.6) is 0 Å². The topological polar surface area (TPSA) is 98.0 Å². The summed E-state index contributed by atoms with van der Waals surface area (Å²) in [6, 6.07) is 39.4. The first-order chi connectivity index (χ1) is 34.0. The summed E-state index contributed by atoms with van der Waals surface area (Å²) in [6.07, 6.45) is 0. The molecule has 0 bridgehead atoms. The highest BCUT2D eigenvalue weighted by Gasteiger charge is 2.36. The average Bonchev–Trinajstić information content (AvgIpc) is 3.24. The van der Waals surface area contributed by atoms with E-state index in [1.807, 2.05) is 0 Å². The summed E-state index contributed by atoms with van der Waals surface area (Å²) in [5.41, 5.74) is 21.1. The van der Waals surface area contributed by atoms with Gasteiger partial charge in [-0.3, -0.25) is 0 Å². The van der Waals surface area contributed by atoms with Gasteiger partial charge >= 0.3 is 8.25 Å². The lowest BCUT2D eigenvalue weighted by Crippen LogP contribution is -2.21. The summed E-state index contributed by atoms with van der Waals surface area (Å²) >= 11 is 0. The van der Waals surface area contributed by atoms with Crippen LogP contribution in [0.4, 0.5) is 0 Å². The molecule has 1 aliphatic carbocycles. The highest BCUT2D eigenvalue weighted by molar-refractivity contribution is 7.30. The van der Waals surface area contributed by atoms with E-state index in [1.165, 1.54) is 110 Å². The van der Waals surface area contributed by atoms with Gasteiger partial charge in [-0.2, -0.15) is 0 Å². The van der Waals surface area contributed by atoms with Gasteiger partial charge in [0.15, 0.2) is 0 Å². The molecule has 0 aromatic heterocycles. The summed E-state index contributed by atoms with van der Waals surface area (Å²) in [4.78, 5) is 28.5. The summed E-state index contributed by atoms with van der Waals surface area (Å²) in [5, 5.41) is 5.45. The van der Waals surface area contributed by atoms with Gasteiger partial charge in [0.05, 0.1) is 0 Å². The minimum absolute atomic E-state index is 0.00475. The Bertz CT molecular complexity index is 3090. The Balaban J connectivity index is 0.00000140. The molecule has 0 saturated carbocycles. The number of benzene rings is 6. The predicted molar refractivity (Wildman–Crippen MR) is 324 cm³/mol. The first-order valence-electron chi connectivity index (χ1n) is 26.8. The standard InChI is InChI=1S/C68H88.HO3P.H3O2P/c1-61(2,3)41-29-33-47(51(37-41)65(13,14)15)57-55-45-27-25-26-28-46(45)56(55)58(48-34-30-42(62(4,5)6)38-52(48)66(16,17)18)60(50-36-32-44(64(10,11)12)40-54(50)68(22,23)24)59(57)49-35-31-43(63(7,8)9)39-53(49)67(19,20)21;1-4(2)3;1-3-2/h25-40H,1-24H3;(H-,1,2,3);1-3H/p+1. The average molecular weight is 1050 g/mol. The third-order valence-corrected chi connectivity index (χ3v) is 14.8. The first-order valence-corrected chi connectivity index (χ1v) is 28.9. The lowest BCUT2D eigenvalue weighted by atomic mass is 9.68. The van der Waals surface area contributed by atoms with Crippen LogP contribution in [0.15, 0.2) is 97.1 Å². The number of hydrogen-bond acceptors (Lipinski definition) is 3. The van der Waals surface area contributed by atoms with Crippen molar-refractivity contribution in [1.29, 1.82) is 0 Å². The van der Waals surface area contributed by atoms with Crippen LogP contribution in [0.25, 0.3) is 44.5 Å². The zero-order valence-electron chi connectivity index (χ0n) is 50.4. The molecule has 6 aromatic carbocycles. The Morgan fingerprint density at radius 1 is 0.320 bits per heavy atom. The lowest BCUT2D eigenvalue weighted by Gasteiger charge is -2.35. The molecular weight excluding hydrogens is 959 g/mol. The number of rotatable bonds is 4. The van der Waals surface area contributed by atoms with E-state index in [4.69, 9.17) is 24.1 Å². The van der Waals surface area contributed by atoms with Gasteiger partial charge in [-0.25, -0.2) is 0 Å². The van der Waals surface area contributed by atoms with Crippen LogP contribution in [-0.4, -0.2) is 19.6 Å². The molecule has 7 rings (SSSR count). The lowest BCUT2D eigenvalue weighted by molar-refractivity contribution is 0.405. The largest absolute Gasteiger partial charge is 0.692 e. The Kier molecular flexibility index (Phi) is 17.6. The van der Waals surface area contributed by atoms with Crippen LogP contribution in [-0.2, 0) is 47.9 Å². The van der Waals surface area contributed by atoms with E-state index in [9.17, 15) is 0 Å². The smallest absolute Gasteiger partial charge is 0.352 e. The second-order valence-corrected chi connectivity index (χ2v) is 29.9. The predicted octanol–water partition coefficient (Wildman–Crippen LogP) is 18.7. The molecule has 404 valence electrons. The van der Waals surface area contributed by atoms with E-state index in [-0.39, 0.29) is 43.3 Å². The van der Waals surface area contributed by atoms with Crippen molar-refractivity contribution < 1.29 is 24.1 Å². The van der Waals surface area contributed by atoms with Crippen molar-refractivity contribution in [3.8, 4) is 44.5 Å². The minimum atomic E-state index is -2.87. The Morgan fingerprint density at radius 3 is 0.680 bits per heavy atom. The zero-order chi connectivity index (χ0) is 57.1. The van der Waals surface area contributed by atoms with Crippen LogP contribution in [0, 0.1) is 20.9 Å². The molecule has 0 heterocycles. The van der Waals surface area contributed by atoms with Crippen molar-refractivity contribution in [2.24, 2.45) is 0 Å². The van der Waals surface area contributed by atoms with E-state index in [0.29, 0.717) is 0 Å². The minimum Gasteiger partial charge on any atom is -0.352 e. The van der Waals surface area contributed by atoms with E-state index in [1.54, 1.807) is 0 Å². The molecular formula is C68H93O5P2+. The fourth-order valence-corrected chi connectivity index (χ4v) is 10.6. The molecule has 0 radical (unpaired) electrons. The van der Waals surface area contributed by atoms with Crippen molar-refractivity contribution in [3.63, 3.8) is 0 Å². The van der Waals surface area contributed by atoms with Crippen LogP contribution in [0.3, 0.4) is 0 Å². The molecule has 0 unspecified atom stereocenters. The van der Waals surface area contributed by atoms with Crippen molar-refractivity contribution >= 4 is 17.3 Å². The van der Waals surface area contributed by atoms with Gasteiger partial charge in [-0.1, -0.05) is 263 Å². The van der Waals surface area contributed by atoms with Crippen molar-refractivity contribution in [2.45, 2.75) is 209 Å². The second kappa shape index (κ2) is 21.5. The van der Waals surface area contributed by atoms with Crippen LogP contribution >= 0.6 is 17.3 Å². The van der Waals surface area contributed by atoms with E-state index < -0.39 is 17.3 Å². The summed E-state index contributed by atoms with van der Waals surface area (Å²) in [5.74, 6) is 0. The monoisotopic (exact) mass is 1050 g/mol. The normalized spacial score (nSPS) is 13.2. The maximum absolute atomic E-state index is 8.70. The molecule has 0 spiro atoms. The fraction of sp³-hybridized carbons (Fsp3) is 0.471. The zero-order valence-corrected chi connectivity index (χ0v) is 52.3. The summed E-state index contributed by atoms with van der Waals surface area (Å²) < 4.78 is 8.70. The fourth-order valence-electron chi connectivity index (χ4n) is 10.6. The molecule has 0 fully saturated rings. The summed E-state index contributed by atoms with van der Waals surface area (Å²) in [6.45, 7) is 57.4. The van der Waals surface area contributed by atoms with E-state index in [2.05, 4.69) is 263 Å². The molecule has 4 N–H and O–H groups in total. The van der Waals surface area contributed by atoms with Gasteiger partial charge in [0, 0.05) is 4.57 Å². The first kappa shape index (κ1) is 61.5. The Morgan fingerprint density at radius 2 is 0.507 bits per heavy atom. The number of fused-ring (bicyclic) bond motifs is 2. The van der Waals surface area contributed by atoms with Gasteiger partial charge in [0.1, 0.15) is 9.03 Å². The van der Waals surface area contributed by atoms with Crippen molar-refractivity contribution in [2.75, 3.05) is 0 Å². The molecule has 75 heavy (non-hydrogen) atoms. The van der Waals surface area contributed by atoms with Crippen LogP contribution < -0.4 is 0 Å². The molecule has 5 nitrogen and oxygen atoms in total.